The Bertz CT molecular complexity index is 678. The summed E-state index contributed by atoms with van der Waals surface area (Å²) in [5.41, 5.74) is 3.84. The number of carbonyl (C=O) groups is 1. The summed E-state index contributed by atoms with van der Waals surface area (Å²) in [5, 5.41) is 2.97. The number of hydrogen-bond donors (Lipinski definition) is 1. The number of rotatable bonds is 5. The zero-order valence-electron chi connectivity index (χ0n) is 13.2. The minimum Gasteiger partial charge on any atom is -0.352 e. The van der Waals surface area contributed by atoms with Gasteiger partial charge in [-0.25, -0.2) is 0 Å². The molecule has 118 valence electrons. The summed E-state index contributed by atoms with van der Waals surface area (Å²) in [4.78, 5) is 20.6. The van der Waals surface area contributed by atoms with Crippen molar-refractivity contribution in [2.24, 2.45) is 0 Å². The number of amides is 1. The number of allylic oxidation sites excluding steroid dienone is 1. The van der Waals surface area contributed by atoms with Crippen LogP contribution in [0.5, 0.6) is 0 Å². The fourth-order valence-corrected chi connectivity index (χ4v) is 2.78. The number of nitrogens with one attached hydrogen (secondary N) is 1. The molecule has 0 unspecified atom stereocenters. The predicted molar refractivity (Wildman–Crippen MR) is 91.0 cm³/mol. The fourth-order valence-electron chi connectivity index (χ4n) is 2.78. The third kappa shape index (κ3) is 4.25. The SMILES string of the molecule is O=C(NCCC1=CCCCC1)c1ccc(-c2cccnc2)nc1. The van der Waals surface area contributed by atoms with E-state index in [1.807, 2.05) is 24.3 Å². The van der Waals surface area contributed by atoms with Crippen LogP contribution in [-0.2, 0) is 0 Å². The van der Waals surface area contributed by atoms with Gasteiger partial charge in [0.15, 0.2) is 0 Å². The first-order valence-electron chi connectivity index (χ1n) is 8.15. The van der Waals surface area contributed by atoms with E-state index < -0.39 is 0 Å². The average Bonchev–Trinajstić information content (AvgIpc) is 2.63. The summed E-state index contributed by atoms with van der Waals surface area (Å²) in [5.74, 6) is -0.0633. The van der Waals surface area contributed by atoms with E-state index in [1.165, 1.54) is 31.3 Å². The number of hydrogen-bond acceptors (Lipinski definition) is 3. The van der Waals surface area contributed by atoms with Gasteiger partial charge in [0, 0.05) is 30.7 Å². The maximum Gasteiger partial charge on any atom is 0.252 e. The lowest BCUT2D eigenvalue weighted by atomic mass is 9.97. The lowest BCUT2D eigenvalue weighted by Gasteiger charge is -2.13. The Balaban J connectivity index is 1.54. The normalized spacial score (nSPS) is 14.2. The number of aromatic nitrogens is 2. The van der Waals surface area contributed by atoms with Gasteiger partial charge >= 0.3 is 0 Å². The van der Waals surface area contributed by atoms with Crippen molar-refractivity contribution in [2.75, 3.05) is 6.54 Å². The van der Waals surface area contributed by atoms with Gasteiger partial charge in [-0.15, -0.1) is 0 Å². The van der Waals surface area contributed by atoms with Crippen LogP contribution in [0.25, 0.3) is 11.3 Å². The van der Waals surface area contributed by atoms with Gasteiger partial charge in [-0.1, -0.05) is 11.6 Å². The first kappa shape index (κ1) is 15.4. The summed E-state index contributed by atoms with van der Waals surface area (Å²) >= 11 is 0. The van der Waals surface area contributed by atoms with E-state index in [-0.39, 0.29) is 5.91 Å². The van der Waals surface area contributed by atoms with Crippen molar-refractivity contribution in [3.63, 3.8) is 0 Å². The van der Waals surface area contributed by atoms with Crippen LogP contribution in [0.2, 0.25) is 0 Å². The molecule has 0 fully saturated rings. The quantitative estimate of drug-likeness (QED) is 0.856. The number of nitrogens with zero attached hydrogens (tertiary/aromatic N) is 2. The average molecular weight is 307 g/mol. The lowest BCUT2D eigenvalue weighted by molar-refractivity contribution is 0.0953. The maximum atomic E-state index is 12.2. The van der Waals surface area contributed by atoms with E-state index in [1.54, 1.807) is 18.6 Å². The molecule has 0 aliphatic heterocycles. The third-order valence-corrected chi connectivity index (χ3v) is 4.10. The Kier molecular flexibility index (Phi) is 5.14. The second kappa shape index (κ2) is 7.68. The monoisotopic (exact) mass is 307 g/mol. The van der Waals surface area contributed by atoms with Gasteiger partial charge in [0.05, 0.1) is 11.3 Å². The van der Waals surface area contributed by atoms with Crippen LogP contribution in [0.3, 0.4) is 0 Å². The van der Waals surface area contributed by atoms with Crippen LogP contribution in [0, 0.1) is 0 Å². The highest BCUT2D eigenvalue weighted by molar-refractivity contribution is 5.94. The summed E-state index contributed by atoms with van der Waals surface area (Å²) in [7, 11) is 0. The van der Waals surface area contributed by atoms with Gasteiger partial charge in [-0.2, -0.15) is 0 Å². The topological polar surface area (TPSA) is 54.9 Å². The second-order valence-corrected chi connectivity index (χ2v) is 5.79. The van der Waals surface area contributed by atoms with Crippen LogP contribution in [0.15, 0.2) is 54.5 Å². The molecule has 3 rings (SSSR count). The molecule has 2 aromatic heterocycles. The molecular weight excluding hydrogens is 286 g/mol. The Hall–Kier alpha value is -2.49. The van der Waals surface area contributed by atoms with Gasteiger partial charge in [0.1, 0.15) is 0 Å². The largest absolute Gasteiger partial charge is 0.352 e. The van der Waals surface area contributed by atoms with Gasteiger partial charge < -0.3 is 5.32 Å². The number of carbonyl (C=O) groups excluding carboxylic acids is 1. The Morgan fingerprint density at radius 1 is 1.17 bits per heavy atom. The highest BCUT2D eigenvalue weighted by Crippen LogP contribution is 2.19. The molecule has 2 aromatic rings. The predicted octanol–water partition coefficient (Wildman–Crippen LogP) is 3.76. The van der Waals surface area contributed by atoms with E-state index >= 15 is 0 Å². The summed E-state index contributed by atoms with van der Waals surface area (Å²) < 4.78 is 0. The van der Waals surface area contributed by atoms with E-state index in [0.717, 1.165) is 17.7 Å². The molecule has 0 atom stereocenters. The van der Waals surface area contributed by atoms with Crippen molar-refractivity contribution in [3.8, 4) is 11.3 Å². The van der Waals surface area contributed by atoms with Crippen LogP contribution >= 0.6 is 0 Å². The molecule has 4 heteroatoms. The van der Waals surface area contributed by atoms with Crippen LogP contribution in [0.4, 0.5) is 0 Å². The molecule has 0 saturated carbocycles. The van der Waals surface area contributed by atoms with Gasteiger partial charge in [-0.3, -0.25) is 14.8 Å². The van der Waals surface area contributed by atoms with Crippen molar-refractivity contribution >= 4 is 5.91 Å². The van der Waals surface area contributed by atoms with Crippen molar-refractivity contribution in [2.45, 2.75) is 32.1 Å². The zero-order chi connectivity index (χ0) is 15.9. The van der Waals surface area contributed by atoms with Gasteiger partial charge in [0.2, 0.25) is 0 Å². The smallest absolute Gasteiger partial charge is 0.252 e. The summed E-state index contributed by atoms with van der Waals surface area (Å²) in [6.07, 6.45) is 13.3. The summed E-state index contributed by atoms with van der Waals surface area (Å²) in [6.45, 7) is 0.690. The fraction of sp³-hybridized carbons (Fsp3) is 0.316. The first-order valence-corrected chi connectivity index (χ1v) is 8.15. The van der Waals surface area contributed by atoms with E-state index in [0.29, 0.717) is 12.1 Å². The molecular formula is C19H21N3O. The highest BCUT2D eigenvalue weighted by atomic mass is 16.1. The van der Waals surface area contributed by atoms with Crippen LogP contribution < -0.4 is 5.32 Å². The molecule has 0 bridgehead atoms. The standard InChI is InChI=1S/C19H21N3O/c23-19(21-12-10-15-5-2-1-3-6-15)17-8-9-18(22-14-17)16-7-4-11-20-13-16/h4-5,7-9,11,13-14H,1-3,6,10,12H2,(H,21,23). The molecule has 0 spiro atoms. The van der Waals surface area contributed by atoms with Crippen molar-refractivity contribution in [1.29, 1.82) is 0 Å². The minimum absolute atomic E-state index is 0.0633. The molecule has 1 aliphatic carbocycles. The molecule has 0 saturated heterocycles. The minimum atomic E-state index is -0.0633. The molecule has 0 aromatic carbocycles. The van der Waals surface area contributed by atoms with Crippen molar-refractivity contribution in [3.05, 3.63) is 60.1 Å². The summed E-state index contributed by atoms with van der Waals surface area (Å²) in [6, 6.07) is 7.49. The Labute approximate surface area is 136 Å². The Morgan fingerprint density at radius 3 is 2.83 bits per heavy atom. The Morgan fingerprint density at radius 2 is 2.13 bits per heavy atom. The van der Waals surface area contributed by atoms with Crippen molar-refractivity contribution in [1.82, 2.24) is 15.3 Å². The van der Waals surface area contributed by atoms with Crippen LogP contribution in [-0.4, -0.2) is 22.4 Å². The van der Waals surface area contributed by atoms with Crippen molar-refractivity contribution < 1.29 is 4.79 Å². The second-order valence-electron chi connectivity index (χ2n) is 5.79. The first-order chi connectivity index (χ1) is 11.3. The van der Waals surface area contributed by atoms with E-state index in [2.05, 4.69) is 21.4 Å². The third-order valence-electron chi connectivity index (χ3n) is 4.10. The molecule has 4 nitrogen and oxygen atoms in total. The number of pyridine rings is 2. The maximum absolute atomic E-state index is 12.2. The zero-order valence-corrected chi connectivity index (χ0v) is 13.2. The lowest BCUT2D eigenvalue weighted by Crippen LogP contribution is -2.25. The van der Waals surface area contributed by atoms with E-state index in [9.17, 15) is 4.79 Å². The molecule has 23 heavy (non-hydrogen) atoms. The van der Waals surface area contributed by atoms with E-state index in [4.69, 9.17) is 0 Å². The molecule has 2 heterocycles. The van der Waals surface area contributed by atoms with Gasteiger partial charge in [0.25, 0.3) is 5.91 Å². The van der Waals surface area contributed by atoms with Crippen LogP contribution in [0.1, 0.15) is 42.5 Å². The molecule has 1 amide bonds. The molecule has 1 N–H and O–H groups in total. The molecule has 1 aliphatic rings. The highest BCUT2D eigenvalue weighted by Gasteiger charge is 2.08. The van der Waals surface area contributed by atoms with Gasteiger partial charge in [-0.05, 0) is 56.4 Å². The molecule has 0 radical (unpaired) electrons.